The first-order chi connectivity index (χ1) is 11.2. The van der Waals surface area contributed by atoms with Gasteiger partial charge in [-0.2, -0.15) is 0 Å². The Morgan fingerprint density at radius 1 is 1.08 bits per heavy atom. The molecule has 1 heterocycles. The van der Waals surface area contributed by atoms with Gasteiger partial charge in [-0.15, -0.1) is 0 Å². The first kappa shape index (κ1) is 16.6. The van der Waals surface area contributed by atoms with E-state index in [2.05, 4.69) is 4.72 Å². The van der Waals surface area contributed by atoms with Gasteiger partial charge >= 0.3 is 5.76 Å². The van der Waals surface area contributed by atoms with Gasteiger partial charge in [-0.1, -0.05) is 17.7 Å². The van der Waals surface area contributed by atoms with Crippen molar-refractivity contribution in [3.63, 3.8) is 0 Å². The van der Waals surface area contributed by atoms with Crippen LogP contribution in [0.5, 0.6) is 0 Å². The summed E-state index contributed by atoms with van der Waals surface area (Å²) in [7, 11) is -2.42. The molecule has 0 fully saturated rings. The summed E-state index contributed by atoms with van der Waals surface area (Å²) in [5.41, 5.74) is 2.91. The third kappa shape index (κ3) is 2.92. The Hall–Kier alpha value is -2.25. The number of nitrogens with one attached hydrogen (secondary N) is 1. The van der Waals surface area contributed by atoms with E-state index >= 15 is 0 Å². The van der Waals surface area contributed by atoms with Crippen LogP contribution >= 0.6 is 11.6 Å². The molecule has 1 aromatic heterocycles. The van der Waals surface area contributed by atoms with Gasteiger partial charge in [0.25, 0.3) is 10.0 Å². The highest BCUT2D eigenvalue weighted by atomic mass is 35.5. The fourth-order valence-electron chi connectivity index (χ4n) is 2.58. The van der Waals surface area contributed by atoms with Gasteiger partial charge in [-0.05, 0) is 43.2 Å². The summed E-state index contributed by atoms with van der Waals surface area (Å²) < 4.78 is 34.1. The molecule has 2 aromatic carbocycles. The lowest BCUT2D eigenvalue weighted by Crippen LogP contribution is -2.14. The van der Waals surface area contributed by atoms with Crippen LogP contribution < -0.4 is 10.5 Å². The number of aromatic nitrogens is 1. The van der Waals surface area contributed by atoms with Gasteiger partial charge in [0, 0.05) is 18.8 Å². The van der Waals surface area contributed by atoms with Crippen LogP contribution in [0, 0.1) is 13.8 Å². The van der Waals surface area contributed by atoms with E-state index < -0.39 is 15.8 Å². The number of aryl methyl sites for hydroxylation is 3. The van der Waals surface area contributed by atoms with E-state index in [0.717, 1.165) is 11.1 Å². The van der Waals surface area contributed by atoms with E-state index in [0.29, 0.717) is 11.2 Å². The summed E-state index contributed by atoms with van der Waals surface area (Å²) >= 11 is 6.09. The molecule has 0 spiro atoms. The molecule has 0 saturated heterocycles. The SMILES string of the molecule is Cc1cc(C)cc(NS(=O)(=O)c2cc3c(cc2Cl)oc(=O)n3C)c1. The zero-order valence-electron chi connectivity index (χ0n) is 13.3. The minimum atomic E-state index is -3.92. The zero-order valence-corrected chi connectivity index (χ0v) is 14.8. The van der Waals surface area contributed by atoms with Gasteiger partial charge in [0.15, 0.2) is 5.58 Å². The second-order valence-corrected chi connectivity index (χ2v) is 7.72. The summed E-state index contributed by atoms with van der Waals surface area (Å²) in [5, 5.41) is -0.0197. The van der Waals surface area contributed by atoms with Crippen LogP contribution in [0.3, 0.4) is 0 Å². The van der Waals surface area contributed by atoms with Crippen LogP contribution in [0.2, 0.25) is 5.02 Å². The molecule has 0 bridgehead atoms. The lowest BCUT2D eigenvalue weighted by atomic mass is 10.1. The number of rotatable bonds is 3. The zero-order chi connectivity index (χ0) is 17.6. The number of oxazole rings is 1. The van der Waals surface area contributed by atoms with E-state index in [-0.39, 0.29) is 15.5 Å². The number of anilines is 1. The van der Waals surface area contributed by atoms with Crippen LogP contribution in [0.15, 0.2) is 44.4 Å². The Labute approximate surface area is 143 Å². The van der Waals surface area contributed by atoms with E-state index in [1.54, 1.807) is 12.1 Å². The first-order valence-corrected chi connectivity index (χ1v) is 8.94. The van der Waals surface area contributed by atoms with Crippen LogP contribution in [0.4, 0.5) is 5.69 Å². The number of hydrogen-bond acceptors (Lipinski definition) is 4. The second kappa shape index (κ2) is 5.68. The van der Waals surface area contributed by atoms with Crippen molar-refractivity contribution in [2.24, 2.45) is 7.05 Å². The molecule has 0 unspecified atom stereocenters. The van der Waals surface area contributed by atoms with Crippen molar-refractivity contribution in [3.8, 4) is 0 Å². The highest BCUT2D eigenvalue weighted by molar-refractivity contribution is 7.92. The lowest BCUT2D eigenvalue weighted by molar-refractivity contribution is 0.528. The molecule has 0 saturated carbocycles. The maximum atomic E-state index is 12.7. The van der Waals surface area contributed by atoms with Crippen molar-refractivity contribution in [1.82, 2.24) is 4.57 Å². The van der Waals surface area contributed by atoms with Gasteiger partial charge in [0.05, 0.1) is 10.5 Å². The lowest BCUT2D eigenvalue weighted by Gasteiger charge is -2.11. The summed E-state index contributed by atoms with van der Waals surface area (Å²) in [6, 6.07) is 8.05. The maximum absolute atomic E-state index is 12.7. The molecule has 0 aliphatic rings. The molecule has 126 valence electrons. The monoisotopic (exact) mass is 366 g/mol. The number of nitrogens with zero attached hydrogens (tertiary/aromatic N) is 1. The quantitative estimate of drug-likeness (QED) is 0.771. The van der Waals surface area contributed by atoms with Crippen molar-refractivity contribution in [1.29, 1.82) is 0 Å². The van der Waals surface area contributed by atoms with E-state index in [9.17, 15) is 13.2 Å². The fourth-order valence-corrected chi connectivity index (χ4v) is 4.16. The van der Waals surface area contributed by atoms with Crippen molar-refractivity contribution in [2.45, 2.75) is 18.7 Å². The number of hydrogen-bond donors (Lipinski definition) is 1. The van der Waals surface area contributed by atoms with Crippen LogP contribution in [0.1, 0.15) is 11.1 Å². The highest BCUT2D eigenvalue weighted by Crippen LogP contribution is 2.29. The second-order valence-electron chi connectivity index (χ2n) is 5.66. The largest absolute Gasteiger partial charge is 0.419 e. The van der Waals surface area contributed by atoms with Gasteiger partial charge in [0.1, 0.15) is 4.90 Å². The van der Waals surface area contributed by atoms with Gasteiger partial charge in [-0.25, -0.2) is 13.2 Å². The number of halogens is 1. The number of fused-ring (bicyclic) bond motifs is 1. The molecular weight excluding hydrogens is 352 g/mol. The minimum absolute atomic E-state index is 0.0197. The topological polar surface area (TPSA) is 81.3 Å². The molecule has 0 aliphatic carbocycles. The van der Waals surface area contributed by atoms with Crippen molar-refractivity contribution < 1.29 is 12.8 Å². The Morgan fingerprint density at radius 2 is 1.71 bits per heavy atom. The van der Waals surface area contributed by atoms with Crippen LogP contribution in [-0.4, -0.2) is 13.0 Å². The third-order valence-electron chi connectivity index (χ3n) is 3.61. The molecule has 6 nitrogen and oxygen atoms in total. The predicted molar refractivity (Wildman–Crippen MR) is 93.2 cm³/mol. The van der Waals surface area contributed by atoms with E-state index in [4.69, 9.17) is 16.0 Å². The fraction of sp³-hybridized carbons (Fsp3) is 0.188. The summed E-state index contributed by atoms with van der Waals surface area (Å²) in [4.78, 5) is 11.4. The molecule has 24 heavy (non-hydrogen) atoms. The van der Waals surface area contributed by atoms with Gasteiger partial charge < -0.3 is 4.42 Å². The number of sulfonamides is 1. The predicted octanol–water partition coefficient (Wildman–Crippen LogP) is 3.20. The van der Waals surface area contributed by atoms with Gasteiger partial charge in [-0.3, -0.25) is 9.29 Å². The normalized spacial score (nSPS) is 11.8. The number of benzene rings is 2. The first-order valence-electron chi connectivity index (χ1n) is 7.07. The summed E-state index contributed by atoms with van der Waals surface area (Å²) in [6.45, 7) is 3.76. The Morgan fingerprint density at radius 3 is 2.33 bits per heavy atom. The molecule has 0 atom stereocenters. The van der Waals surface area contributed by atoms with Crippen LogP contribution in [-0.2, 0) is 17.1 Å². The molecule has 8 heteroatoms. The molecule has 3 rings (SSSR count). The smallest absolute Gasteiger partial charge is 0.408 e. The molecule has 3 aromatic rings. The standard InChI is InChI=1S/C16H15ClN2O4S/c1-9-4-10(2)6-11(5-9)18-24(21,22)15-8-13-14(7-12(15)17)23-16(20)19(13)3/h4-8,18H,1-3H3. The molecule has 0 aliphatic heterocycles. The molecule has 1 N–H and O–H groups in total. The van der Waals surface area contributed by atoms with Crippen molar-refractivity contribution in [2.75, 3.05) is 4.72 Å². The Kier molecular flexibility index (Phi) is 3.93. The summed E-state index contributed by atoms with van der Waals surface area (Å²) in [6.07, 6.45) is 0. The molecular formula is C16H15ClN2O4S. The summed E-state index contributed by atoms with van der Waals surface area (Å²) in [5.74, 6) is -0.585. The van der Waals surface area contributed by atoms with Crippen molar-refractivity contribution >= 4 is 38.4 Å². The minimum Gasteiger partial charge on any atom is -0.408 e. The van der Waals surface area contributed by atoms with Crippen molar-refractivity contribution in [3.05, 3.63) is 57.0 Å². The van der Waals surface area contributed by atoms with E-state index in [1.165, 1.54) is 23.7 Å². The highest BCUT2D eigenvalue weighted by Gasteiger charge is 2.21. The van der Waals surface area contributed by atoms with Gasteiger partial charge in [0.2, 0.25) is 0 Å². The Bertz CT molecular complexity index is 1090. The molecule has 0 amide bonds. The average Bonchev–Trinajstić information content (AvgIpc) is 2.70. The maximum Gasteiger partial charge on any atom is 0.419 e. The average molecular weight is 367 g/mol. The van der Waals surface area contributed by atoms with E-state index in [1.807, 2.05) is 19.9 Å². The third-order valence-corrected chi connectivity index (χ3v) is 5.46. The Balaban J connectivity index is 2.12. The molecule has 0 radical (unpaired) electrons. The van der Waals surface area contributed by atoms with Crippen LogP contribution in [0.25, 0.3) is 11.1 Å².